The van der Waals surface area contributed by atoms with E-state index in [9.17, 15) is 9.59 Å². The maximum atomic E-state index is 13.0. The van der Waals surface area contributed by atoms with Gasteiger partial charge in [-0.2, -0.15) is 0 Å². The van der Waals surface area contributed by atoms with Gasteiger partial charge in [0.1, 0.15) is 23.4 Å². The average molecular weight is 615 g/mol. The van der Waals surface area contributed by atoms with Crippen molar-refractivity contribution >= 4 is 23.3 Å². The number of nitrogens with one attached hydrogen (secondary N) is 3. The summed E-state index contributed by atoms with van der Waals surface area (Å²) in [5.74, 6) is 2.74. The zero-order chi connectivity index (χ0) is 32.2. The van der Waals surface area contributed by atoms with Crippen LogP contribution < -0.4 is 25.4 Å². The van der Waals surface area contributed by atoms with Crippen LogP contribution in [-0.2, 0) is 0 Å². The van der Waals surface area contributed by atoms with E-state index in [0.29, 0.717) is 28.4 Å². The molecule has 1 heterocycles. The first-order valence-electron chi connectivity index (χ1n) is 16.6. The number of amides is 3. The summed E-state index contributed by atoms with van der Waals surface area (Å²) < 4.78 is 12.3. The highest BCUT2D eigenvalue weighted by atomic mass is 16.5. The molecule has 0 saturated carbocycles. The van der Waals surface area contributed by atoms with Gasteiger partial charge in [-0.1, -0.05) is 40.5 Å². The van der Waals surface area contributed by atoms with E-state index in [0.717, 1.165) is 56.0 Å². The molecule has 8 nitrogen and oxygen atoms in total. The predicted octanol–water partition coefficient (Wildman–Crippen LogP) is 8.63. The van der Waals surface area contributed by atoms with Gasteiger partial charge < -0.3 is 30.3 Å². The lowest BCUT2D eigenvalue weighted by atomic mass is 10.0. The third kappa shape index (κ3) is 10.2. The number of rotatable bonds is 14. The molecule has 3 aromatic rings. The highest BCUT2D eigenvalue weighted by molar-refractivity contribution is 6.04. The van der Waals surface area contributed by atoms with Crippen molar-refractivity contribution in [3.05, 3.63) is 77.9 Å². The Morgan fingerprint density at radius 3 is 2.02 bits per heavy atom. The minimum atomic E-state index is -0.214. The van der Waals surface area contributed by atoms with E-state index in [1.165, 1.54) is 19.4 Å². The normalized spacial score (nSPS) is 13.9. The second kappa shape index (κ2) is 16.9. The zero-order valence-electron chi connectivity index (χ0n) is 27.5. The van der Waals surface area contributed by atoms with E-state index in [1.807, 2.05) is 61.5 Å². The van der Waals surface area contributed by atoms with Crippen molar-refractivity contribution in [3.63, 3.8) is 0 Å². The monoisotopic (exact) mass is 614 g/mol. The van der Waals surface area contributed by atoms with E-state index in [1.54, 1.807) is 12.1 Å². The van der Waals surface area contributed by atoms with Gasteiger partial charge in [-0.05, 0) is 111 Å². The van der Waals surface area contributed by atoms with Crippen molar-refractivity contribution in [2.45, 2.75) is 85.3 Å². The smallest absolute Gasteiger partial charge is 0.319 e. The van der Waals surface area contributed by atoms with Crippen LogP contribution in [0.25, 0.3) is 0 Å². The van der Waals surface area contributed by atoms with Gasteiger partial charge >= 0.3 is 6.03 Å². The Kier molecular flexibility index (Phi) is 12.7. The van der Waals surface area contributed by atoms with Crippen molar-refractivity contribution < 1.29 is 19.1 Å². The second-order valence-electron chi connectivity index (χ2n) is 12.0. The largest absolute Gasteiger partial charge is 0.490 e. The number of carbonyl (C=O) groups excluding carboxylic acids is 2. The van der Waals surface area contributed by atoms with Gasteiger partial charge in [-0.3, -0.25) is 4.79 Å². The van der Waals surface area contributed by atoms with Crippen molar-refractivity contribution in [2.24, 2.45) is 5.92 Å². The highest BCUT2D eigenvalue weighted by Crippen LogP contribution is 2.29. The number of carbonyl (C=O) groups is 2. The Morgan fingerprint density at radius 2 is 1.42 bits per heavy atom. The van der Waals surface area contributed by atoms with Crippen LogP contribution in [0.5, 0.6) is 17.2 Å². The summed E-state index contributed by atoms with van der Waals surface area (Å²) in [7, 11) is 0. The SMILES string of the molecule is CCC(CC)CN1CCC(Oc2ccc(C(=O)Nc3ccc(Oc4ccc(NC(=O)NC(CC)CC)cc4)c(C)c3)cc2)CC1. The number of hydrogen-bond donors (Lipinski definition) is 3. The molecular formula is C37H50N4O4. The number of nitrogens with zero attached hydrogens (tertiary/aromatic N) is 1. The Balaban J connectivity index is 1.24. The lowest BCUT2D eigenvalue weighted by molar-refractivity contribution is 0.0901. The predicted molar refractivity (Wildman–Crippen MR) is 183 cm³/mol. The second-order valence-corrected chi connectivity index (χ2v) is 12.0. The maximum Gasteiger partial charge on any atom is 0.319 e. The molecule has 0 aliphatic carbocycles. The summed E-state index contributed by atoms with van der Waals surface area (Å²) in [5, 5.41) is 8.80. The zero-order valence-corrected chi connectivity index (χ0v) is 27.5. The molecule has 0 spiro atoms. The van der Waals surface area contributed by atoms with Crippen LogP contribution in [0, 0.1) is 12.8 Å². The van der Waals surface area contributed by atoms with Crippen molar-refractivity contribution in [2.75, 3.05) is 30.3 Å². The fraction of sp³-hybridized carbons (Fsp3) is 0.459. The average Bonchev–Trinajstić information content (AvgIpc) is 3.05. The molecule has 3 N–H and O–H groups in total. The molecule has 0 bridgehead atoms. The van der Waals surface area contributed by atoms with E-state index in [4.69, 9.17) is 9.47 Å². The van der Waals surface area contributed by atoms with E-state index >= 15 is 0 Å². The molecule has 3 amide bonds. The Bertz CT molecular complexity index is 1360. The van der Waals surface area contributed by atoms with Gasteiger partial charge in [0.15, 0.2) is 0 Å². The van der Waals surface area contributed by atoms with Crippen LogP contribution in [0.4, 0.5) is 16.2 Å². The first-order valence-corrected chi connectivity index (χ1v) is 16.6. The number of hydrogen-bond acceptors (Lipinski definition) is 5. The third-order valence-corrected chi connectivity index (χ3v) is 8.72. The molecule has 8 heteroatoms. The lowest BCUT2D eigenvalue weighted by Gasteiger charge is -2.34. The lowest BCUT2D eigenvalue weighted by Crippen LogP contribution is -2.40. The number of benzene rings is 3. The van der Waals surface area contributed by atoms with Crippen LogP contribution in [0.1, 0.15) is 82.1 Å². The molecular weight excluding hydrogens is 564 g/mol. The van der Waals surface area contributed by atoms with Gasteiger partial charge in [0.25, 0.3) is 5.91 Å². The maximum absolute atomic E-state index is 13.0. The van der Waals surface area contributed by atoms with Gasteiger partial charge in [-0.25, -0.2) is 4.79 Å². The molecule has 45 heavy (non-hydrogen) atoms. The molecule has 0 radical (unpaired) electrons. The molecule has 1 aliphatic rings. The minimum absolute atomic E-state index is 0.158. The topological polar surface area (TPSA) is 91.9 Å². The van der Waals surface area contributed by atoms with Gasteiger partial charge in [-0.15, -0.1) is 0 Å². The number of anilines is 2. The summed E-state index contributed by atoms with van der Waals surface area (Å²) in [4.78, 5) is 27.7. The number of aryl methyl sites for hydroxylation is 1. The first kappa shape index (κ1) is 33.8. The summed E-state index contributed by atoms with van der Waals surface area (Å²) in [6.07, 6.45) is 6.53. The van der Waals surface area contributed by atoms with Crippen LogP contribution in [0.3, 0.4) is 0 Å². The number of ether oxygens (including phenoxy) is 2. The van der Waals surface area contributed by atoms with E-state index in [-0.39, 0.29) is 24.1 Å². The third-order valence-electron chi connectivity index (χ3n) is 8.72. The molecule has 0 aromatic heterocycles. The Hall–Kier alpha value is -4.04. The highest BCUT2D eigenvalue weighted by Gasteiger charge is 2.22. The van der Waals surface area contributed by atoms with Crippen LogP contribution in [0.15, 0.2) is 66.7 Å². The standard InChI is InChI=1S/C37H50N4O4/c1-6-27(7-2)25-41-22-20-34(21-23-41)44-32-15-10-28(11-16-32)36(42)38-31-14-19-35(26(5)24-31)45-33-17-12-30(13-18-33)40-37(43)39-29(8-3)9-4/h10-19,24,27,29,34H,6-9,20-23,25H2,1-5H3,(H,38,42)(H2,39,40,43). The summed E-state index contributed by atoms with van der Waals surface area (Å²) in [6.45, 7) is 13.9. The molecule has 242 valence electrons. The summed E-state index contributed by atoms with van der Waals surface area (Å²) in [5.41, 5.74) is 2.83. The molecule has 1 fully saturated rings. The van der Waals surface area contributed by atoms with E-state index < -0.39 is 0 Å². The van der Waals surface area contributed by atoms with Crippen molar-refractivity contribution in [1.29, 1.82) is 0 Å². The quantitative estimate of drug-likeness (QED) is 0.169. The van der Waals surface area contributed by atoms with Crippen LogP contribution >= 0.6 is 0 Å². The van der Waals surface area contributed by atoms with Crippen molar-refractivity contribution in [1.82, 2.24) is 10.2 Å². The van der Waals surface area contributed by atoms with Crippen molar-refractivity contribution in [3.8, 4) is 17.2 Å². The van der Waals surface area contributed by atoms with E-state index in [2.05, 4.69) is 48.5 Å². The molecule has 0 unspecified atom stereocenters. The fourth-order valence-electron chi connectivity index (χ4n) is 5.62. The van der Waals surface area contributed by atoms with Gasteiger partial charge in [0.05, 0.1) is 0 Å². The molecule has 4 rings (SSSR count). The molecule has 3 aromatic carbocycles. The van der Waals surface area contributed by atoms with Crippen LogP contribution in [0.2, 0.25) is 0 Å². The molecule has 1 aliphatic heterocycles. The minimum Gasteiger partial charge on any atom is -0.490 e. The summed E-state index contributed by atoms with van der Waals surface area (Å²) >= 11 is 0. The number of urea groups is 1. The van der Waals surface area contributed by atoms with Crippen LogP contribution in [-0.4, -0.2) is 48.6 Å². The Morgan fingerprint density at radius 1 is 0.800 bits per heavy atom. The number of piperidine rings is 1. The first-order chi connectivity index (χ1) is 21.8. The van der Waals surface area contributed by atoms with Gasteiger partial charge in [0, 0.05) is 42.6 Å². The fourth-order valence-corrected chi connectivity index (χ4v) is 5.62. The molecule has 1 saturated heterocycles. The molecule has 0 atom stereocenters. The summed E-state index contributed by atoms with van der Waals surface area (Å²) in [6, 6.07) is 20.1. The Labute approximate surface area is 268 Å². The number of likely N-dealkylation sites (tertiary alicyclic amines) is 1. The van der Waals surface area contributed by atoms with Gasteiger partial charge in [0.2, 0.25) is 0 Å².